The summed E-state index contributed by atoms with van der Waals surface area (Å²) in [7, 11) is 0. The molecule has 1 fully saturated rings. The van der Waals surface area contributed by atoms with E-state index < -0.39 is 0 Å². The van der Waals surface area contributed by atoms with E-state index >= 15 is 0 Å². The Balaban J connectivity index is 1.42. The first kappa shape index (κ1) is 17.2. The van der Waals surface area contributed by atoms with Gasteiger partial charge in [0.1, 0.15) is 0 Å². The van der Waals surface area contributed by atoms with Crippen molar-refractivity contribution < 1.29 is 4.79 Å². The summed E-state index contributed by atoms with van der Waals surface area (Å²) >= 11 is 3.48. The number of piperidine rings is 1. The van der Waals surface area contributed by atoms with E-state index in [0.717, 1.165) is 5.56 Å². The minimum absolute atomic E-state index is 0.0239. The lowest BCUT2D eigenvalue weighted by Gasteiger charge is -2.32. The van der Waals surface area contributed by atoms with Crippen molar-refractivity contribution in [1.29, 1.82) is 0 Å². The number of likely N-dealkylation sites (tertiary alicyclic amines) is 1. The van der Waals surface area contributed by atoms with E-state index in [1.807, 2.05) is 4.90 Å². The van der Waals surface area contributed by atoms with Crippen LogP contribution in [0.25, 0.3) is 9.40 Å². The number of aryl methyl sites for hydroxylation is 1. The molecule has 6 nitrogen and oxygen atoms in total. The van der Waals surface area contributed by atoms with Crippen LogP contribution in [0.2, 0.25) is 0 Å². The maximum atomic E-state index is 12.7. The van der Waals surface area contributed by atoms with Crippen molar-refractivity contribution in [3.63, 3.8) is 0 Å². The van der Waals surface area contributed by atoms with Gasteiger partial charge < -0.3 is 4.90 Å². The van der Waals surface area contributed by atoms with Gasteiger partial charge in [-0.3, -0.25) is 19.1 Å². The van der Waals surface area contributed by atoms with Crippen LogP contribution in [0.5, 0.6) is 0 Å². The van der Waals surface area contributed by atoms with Gasteiger partial charge in [-0.05, 0) is 36.8 Å². The van der Waals surface area contributed by atoms with Crippen LogP contribution in [0.15, 0.2) is 33.3 Å². The van der Waals surface area contributed by atoms with Crippen LogP contribution in [0.3, 0.4) is 0 Å². The number of rotatable bonds is 3. The number of carbonyl (C=O) groups is 1. The van der Waals surface area contributed by atoms with E-state index in [-0.39, 0.29) is 23.2 Å². The van der Waals surface area contributed by atoms with Crippen LogP contribution in [0, 0.1) is 6.92 Å². The lowest BCUT2D eigenvalue weighted by molar-refractivity contribution is -0.131. The van der Waals surface area contributed by atoms with Gasteiger partial charge in [-0.25, -0.2) is 4.79 Å². The summed E-state index contributed by atoms with van der Waals surface area (Å²) in [6.45, 7) is 3.35. The summed E-state index contributed by atoms with van der Waals surface area (Å²) in [4.78, 5) is 41.3. The Morgan fingerprint density at radius 3 is 2.81 bits per heavy atom. The van der Waals surface area contributed by atoms with Gasteiger partial charge in [-0.1, -0.05) is 0 Å². The average molecular weight is 390 g/mol. The number of H-pyrrole nitrogens is 1. The monoisotopic (exact) mass is 389 g/mol. The second-order valence-electron chi connectivity index (χ2n) is 6.63. The number of hydrogen-bond acceptors (Lipinski definition) is 5. The van der Waals surface area contributed by atoms with Crippen molar-refractivity contribution in [2.45, 2.75) is 32.2 Å². The first-order valence-electron chi connectivity index (χ1n) is 8.57. The predicted molar refractivity (Wildman–Crippen MR) is 104 cm³/mol. The lowest BCUT2D eigenvalue weighted by Crippen LogP contribution is -2.42. The second-order valence-corrected chi connectivity index (χ2v) is 9.02. The van der Waals surface area contributed by atoms with E-state index in [4.69, 9.17) is 0 Å². The van der Waals surface area contributed by atoms with Gasteiger partial charge in [0.05, 0.1) is 10.4 Å². The third kappa shape index (κ3) is 3.26. The first-order chi connectivity index (χ1) is 12.5. The molecule has 1 aliphatic heterocycles. The number of fused-ring (bicyclic) bond motifs is 1. The van der Waals surface area contributed by atoms with Gasteiger partial charge in [0.15, 0.2) is 0 Å². The maximum Gasteiger partial charge on any atom is 0.328 e. The Hall–Kier alpha value is -2.19. The molecule has 0 atom stereocenters. The molecule has 8 heteroatoms. The summed E-state index contributed by atoms with van der Waals surface area (Å²) in [5.74, 6) is 0.140. The fourth-order valence-electron chi connectivity index (χ4n) is 3.51. The molecule has 0 spiro atoms. The number of aromatic nitrogens is 2. The summed E-state index contributed by atoms with van der Waals surface area (Å²) < 4.78 is 2.85. The molecule has 4 rings (SSSR count). The van der Waals surface area contributed by atoms with E-state index in [1.165, 1.54) is 20.3 Å². The van der Waals surface area contributed by atoms with E-state index in [2.05, 4.69) is 23.4 Å². The third-order valence-corrected chi connectivity index (χ3v) is 7.10. The Morgan fingerprint density at radius 2 is 2.08 bits per heavy atom. The molecule has 0 bridgehead atoms. The van der Waals surface area contributed by atoms with Crippen LogP contribution < -0.4 is 11.2 Å². The number of aromatic amines is 1. The largest absolute Gasteiger partial charge is 0.342 e. The summed E-state index contributed by atoms with van der Waals surface area (Å²) in [6.07, 6.45) is 3.41. The number of hydrogen-bond donors (Lipinski definition) is 1. The number of carbonyl (C=O) groups excluding carboxylic acids is 1. The van der Waals surface area contributed by atoms with Crippen molar-refractivity contribution in [3.05, 3.63) is 55.0 Å². The normalized spacial score (nSPS) is 15.7. The molecule has 3 aromatic rings. The summed E-state index contributed by atoms with van der Waals surface area (Å²) in [5, 5.41) is 3.30. The van der Waals surface area contributed by atoms with Crippen molar-refractivity contribution in [2.24, 2.45) is 0 Å². The predicted octanol–water partition coefficient (Wildman–Crippen LogP) is 2.53. The Bertz CT molecular complexity index is 1070. The number of nitrogens with one attached hydrogen (secondary N) is 1. The molecule has 136 valence electrons. The fraction of sp³-hybridized carbons (Fsp3) is 0.389. The number of amides is 1. The number of nitrogens with zero attached hydrogens (tertiary/aromatic N) is 2. The summed E-state index contributed by atoms with van der Waals surface area (Å²) in [5.41, 5.74) is 0.346. The minimum Gasteiger partial charge on any atom is -0.342 e. The highest BCUT2D eigenvalue weighted by Gasteiger charge is 2.25. The molecular weight excluding hydrogens is 370 g/mol. The quantitative estimate of drug-likeness (QED) is 0.748. The van der Waals surface area contributed by atoms with Crippen molar-refractivity contribution in [1.82, 2.24) is 14.5 Å². The standard InChI is InChI=1S/C18H19N3O3S2/c1-11-8-14-12(10-25-17(14)26-11)9-16(23)20-5-2-13(3-6-20)21-7-4-15(22)19-18(21)24/h4,7-8,10,13H,2-3,5-6,9H2,1H3,(H,19,22,24). The van der Waals surface area contributed by atoms with Crippen molar-refractivity contribution in [3.8, 4) is 0 Å². The van der Waals surface area contributed by atoms with Gasteiger partial charge in [0.25, 0.3) is 5.56 Å². The Morgan fingerprint density at radius 1 is 1.31 bits per heavy atom. The first-order valence-corrected chi connectivity index (χ1v) is 10.3. The zero-order chi connectivity index (χ0) is 18.3. The summed E-state index contributed by atoms with van der Waals surface area (Å²) in [6, 6.07) is 3.55. The fourth-order valence-corrected chi connectivity index (χ4v) is 5.79. The van der Waals surface area contributed by atoms with Gasteiger partial charge in [-0.15, -0.1) is 22.7 Å². The molecule has 4 heterocycles. The van der Waals surface area contributed by atoms with Gasteiger partial charge in [-0.2, -0.15) is 0 Å². The highest BCUT2D eigenvalue weighted by atomic mass is 32.2. The molecule has 1 N–H and O–H groups in total. The van der Waals surface area contributed by atoms with Gasteiger partial charge in [0.2, 0.25) is 5.91 Å². The molecule has 0 aromatic carbocycles. The highest BCUT2D eigenvalue weighted by Crippen LogP contribution is 2.34. The second kappa shape index (κ2) is 6.85. The molecule has 1 saturated heterocycles. The van der Waals surface area contributed by atoms with E-state index in [1.54, 1.807) is 33.4 Å². The molecule has 0 radical (unpaired) electrons. The van der Waals surface area contributed by atoms with E-state index in [0.29, 0.717) is 32.4 Å². The molecule has 0 saturated carbocycles. The Kier molecular flexibility index (Phi) is 4.54. The molecule has 0 unspecified atom stereocenters. The molecule has 26 heavy (non-hydrogen) atoms. The lowest BCUT2D eigenvalue weighted by atomic mass is 10.0. The number of thiophene rings is 2. The molecular formula is C18H19N3O3S2. The van der Waals surface area contributed by atoms with Crippen LogP contribution in [-0.2, 0) is 11.2 Å². The molecule has 0 aliphatic carbocycles. The highest BCUT2D eigenvalue weighted by molar-refractivity contribution is 7.37. The molecule has 3 aromatic heterocycles. The third-order valence-electron chi connectivity index (χ3n) is 4.88. The van der Waals surface area contributed by atoms with Crippen LogP contribution in [0.1, 0.15) is 29.3 Å². The van der Waals surface area contributed by atoms with Crippen LogP contribution in [-0.4, -0.2) is 33.4 Å². The van der Waals surface area contributed by atoms with Crippen molar-refractivity contribution in [2.75, 3.05) is 13.1 Å². The Labute approximate surface area is 157 Å². The minimum atomic E-state index is -0.385. The van der Waals surface area contributed by atoms with Gasteiger partial charge >= 0.3 is 5.69 Å². The maximum absolute atomic E-state index is 12.7. The zero-order valence-electron chi connectivity index (χ0n) is 14.4. The SMILES string of the molecule is Cc1cc2c(CC(=O)N3CCC(n4ccc(=O)[nH]c4=O)CC3)csc2s1. The average Bonchev–Trinajstić information content (AvgIpc) is 3.15. The van der Waals surface area contributed by atoms with Crippen molar-refractivity contribution >= 4 is 38.0 Å². The van der Waals surface area contributed by atoms with Crippen LogP contribution >= 0.6 is 22.7 Å². The van der Waals surface area contributed by atoms with E-state index in [9.17, 15) is 14.4 Å². The topological polar surface area (TPSA) is 75.2 Å². The van der Waals surface area contributed by atoms with Gasteiger partial charge in [0, 0.05) is 41.7 Å². The van der Waals surface area contributed by atoms with Crippen LogP contribution in [0.4, 0.5) is 0 Å². The molecule has 1 aliphatic rings. The zero-order valence-corrected chi connectivity index (χ0v) is 16.0. The smallest absolute Gasteiger partial charge is 0.328 e. The molecule has 1 amide bonds.